The number of hydrogen-bond acceptors (Lipinski definition) is 3. The summed E-state index contributed by atoms with van der Waals surface area (Å²) >= 11 is 0. The summed E-state index contributed by atoms with van der Waals surface area (Å²) in [5.41, 5.74) is 2.81. The number of ether oxygens (including phenoxy) is 1. The normalized spacial score (nSPS) is 19.5. The van der Waals surface area contributed by atoms with Crippen molar-refractivity contribution < 1.29 is 4.74 Å². The number of guanidine groups is 1. The molecule has 2 heterocycles. The summed E-state index contributed by atoms with van der Waals surface area (Å²) in [4.78, 5) is 7.22. The maximum Gasteiger partial charge on any atom is 0.191 e. The number of likely N-dealkylation sites (tertiary alicyclic amines) is 1. The van der Waals surface area contributed by atoms with Gasteiger partial charge >= 0.3 is 0 Å². The SMILES string of the molecule is CN=C(NCC(c1ccccc1)c1ccccc1)NCC1(N2CCCC2)CCOCC1. The van der Waals surface area contributed by atoms with Crippen molar-refractivity contribution in [1.29, 1.82) is 0 Å². The van der Waals surface area contributed by atoms with E-state index in [-0.39, 0.29) is 11.5 Å². The van der Waals surface area contributed by atoms with E-state index in [2.05, 4.69) is 81.2 Å². The summed E-state index contributed by atoms with van der Waals surface area (Å²) in [5, 5.41) is 7.26. The first-order valence-electron chi connectivity index (χ1n) is 11.7. The van der Waals surface area contributed by atoms with Gasteiger partial charge in [-0.2, -0.15) is 0 Å². The second-order valence-electron chi connectivity index (χ2n) is 8.71. The first-order chi connectivity index (χ1) is 15.3. The fourth-order valence-electron chi connectivity index (χ4n) is 5.01. The number of nitrogens with zero attached hydrogens (tertiary/aromatic N) is 2. The van der Waals surface area contributed by atoms with Gasteiger partial charge in [0.25, 0.3) is 0 Å². The lowest BCUT2D eigenvalue weighted by Gasteiger charge is -2.45. The number of hydrogen-bond donors (Lipinski definition) is 2. The Bertz CT molecular complexity index is 772. The van der Waals surface area contributed by atoms with Gasteiger partial charge in [-0.3, -0.25) is 9.89 Å². The van der Waals surface area contributed by atoms with Crippen LogP contribution in [0.3, 0.4) is 0 Å². The smallest absolute Gasteiger partial charge is 0.191 e. The average molecular weight is 421 g/mol. The predicted molar refractivity (Wildman–Crippen MR) is 128 cm³/mol. The lowest BCUT2D eigenvalue weighted by atomic mass is 9.88. The fraction of sp³-hybridized carbons (Fsp3) is 0.500. The van der Waals surface area contributed by atoms with E-state index in [4.69, 9.17) is 4.74 Å². The molecular formula is C26H36N4O. The van der Waals surface area contributed by atoms with Crippen molar-refractivity contribution in [2.75, 3.05) is 46.4 Å². The van der Waals surface area contributed by atoms with Crippen molar-refractivity contribution in [1.82, 2.24) is 15.5 Å². The van der Waals surface area contributed by atoms with Crippen LogP contribution >= 0.6 is 0 Å². The number of aliphatic imine (C=N–C) groups is 1. The molecule has 2 saturated heterocycles. The highest BCUT2D eigenvalue weighted by molar-refractivity contribution is 5.79. The molecule has 5 nitrogen and oxygen atoms in total. The monoisotopic (exact) mass is 420 g/mol. The molecule has 2 aromatic rings. The molecule has 166 valence electrons. The van der Waals surface area contributed by atoms with E-state index in [9.17, 15) is 0 Å². The molecule has 2 N–H and O–H groups in total. The molecule has 0 amide bonds. The van der Waals surface area contributed by atoms with E-state index in [1.807, 2.05) is 7.05 Å². The number of benzene rings is 2. The van der Waals surface area contributed by atoms with E-state index in [1.165, 1.54) is 37.1 Å². The molecule has 0 saturated carbocycles. The van der Waals surface area contributed by atoms with Crippen LogP contribution < -0.4 is 10.6 Å². The van der Waals surface area contributed by atoms with Crippen molar-refractivity contribution in [2.24, 2.45) is 4.99 Å². The maximum absolute atomic E-state index is 5.69. The van der Waals surface area contributed by atoms with Crippen molar-refractivity contribution in [2.45, 2.75) is 37.1 Å². The van der Waals surface area contributed by atoms with Crippen molar-refractivity contribution in [3.8, 4) is 0 Å². The van der Waals surface area contributed by atoms with Gasteiger partial charge in [-0.15, -0.1) is 0 Å². The van der Waals surface area contributed by atoms with Crippen LogP contribution in [0.2, 0.25) is 0 Å². The Hall–Kier alpha value is -2.37. The summed E-state index contributed by atoms with van der Waals surface area (Å²) in [6.45, 7) is 5.84. The molecule has 5 heteroatoms. The highest BCUT2D eigenvalue weighted by Gasteiger charge is 2.39. The van der Waals surface area contributed by atoms with E-state index in [1.54, 1.807) is 0 Å². The molecule has 2 aliphatic rings. The van der Waals surface area contributed by atoms with Crippen LogP contribution in [0, 0.1) is 0 Å². The minimum Gasteiger partial charge on any atom is -0.381 e. The Labute approximate surface area is 186 Å². The van der Waals surface area contributed by atoms with Gasteiger partial charge in [-0.05, 0) is 49.9 Å². The van der Waals surface area contributed by atoms with Crippen molar-refractivity contribution in [3.05, 3.63) is 71.8 Å². The minimum atomic E-state index is 0.185. The van der Waals surface area contributed by atoms with E-state index in [0.717, 1.165) is 45.1 Å². The van der Waals surface area contributed by atoms with Gasteiger partial charge in [-0.1, -0.05) is 60.7 Å². The Morgan fingerprint density at radius 1 is 0.935 bits per heavy atom. The van der Waals surface area contributed by atoms with Gasteiger partial charge in [0.2, 0.25) is 0 Å². The summed E-state index contributed by atoms with van der Waals surface area (Å²) in [5.74, 6) is 1.15. The summed E-state index contributed by atoms with van der Waals surface area (Å²) < 4.78 is 5.69. The average Bonchev–Trinajstić information content (AvgIpc) is 3.39. The van der Waals surface area contributed by atoms with Gasteiger partial charge in [-0.25, -0.2) is 0 Å². The van der Waals surface area contributed by atoms with Crippen LogP contribution in [0.4, 0.5) is 0 Å². The summed E-state index contributed by atoms with van der Waals surface area (Å²) in [7, 11) is 1.86. The molecule has 0 aliphatic carbocycles. The molecular weight excluding hydrogens is 384 g/mol. The molecule has 0 spiro atoms. The minimum absolute atomic E-state index is 0.185. The molecule has 2 fully saturated rings. The van der Waals surface area contributed by atoms with Gasteiger partial charge in [0, 0.05) is 44.8 Å². The standard InChI is InChI=1S/C26H36N4O/c1-27-25(29-21-26(14-18-31-19-15-26)30-16-8-9-17-30)28-20-24(22-10-4-2-5-11-22)23-12-6-3-7-13-23/h2-7,10-13,24H,8-9,14-21H2,1H3,(H2,27,28,29). The van der Waals surface area contributed by atoms with Crippen LogP contribution in [0.25, 0.3) is 0 Å². The predicted octanol–water partition coefficient (Wildman–Crippen LogP) is 3.63. The molecule has 2 aromatic carbocycles. The third-order valence-electron chi connectivity index (χ3n) is 6.89. The Kier molecular flexibility index (Phi) is 7.60. The first kappa shape index (κ1) is 21.8. The Balaban J connectivity index is 1.42. The first-order valence-corrected chi connectivity index (χ1v) is 11.7. The molecule has 0 atom stereocenters. The van der Waals surface area contributed by atoms with Crippen LogP contribution in [0.15, 0.2) is 65.7 Å². The second-order valence-corrected chi connectivity index (χ2v) is 8.71. The molecule has 2 aliphatic heterocycles. The van der Waals surface area contributed by atoms with Crippen LogP contribution in [0.1, 0.15) is 42.7 Å². The maximum atomic E-state index is 5.69. The highest BCUT2D eigenvalue weighted by Crippen LogP contribution is 2.30. The van der Waals surface area contributed by atoms with Crippen LogP contribution in [0.5, 0.6) is 0 Å². The zero-order valence-corrected chi connectivity index (χ0v) is 18.7. The van der Waals surface area contributed by atoms with E-state index >= 15 is 0 Å². The fourth-order valence-corrected chi connectivity index (χ4v) is 5.01. The van der Waals surface area contributed by atoms with E-state index in [0.29, 0.717) is 0 Å². The van der Waals surface area contributed by atoms with Crippen LogP contribution in [-0.2, 0) is 4.74 Å². The van der Waals surface area contributed by atoms with Gasteiger partial charge < -0.3 is 15.4 Å². The molecule has 0 radical (unpaired) electrons. The zero-order valence-electron chi connectivity index (χ0n) is 18.7. The molecule has 0 aromatic heterocycles. The van der Waals surface area contributed by atoms with Crippen molar-refractivity contribution in [3.63, 3.8) is 0 Å². The van der Waals surface area contributed by atoms with E-state index < -0.39 is 0 Å². The second kappa shape index (κ2) is 10.8. The van der Waals surface area contributed by atoms with Crippen LogP contribution in [-0.4, -0.2) is 62.8 Å². The summed E-state index contributed by atoms with van der Waals surface area (Å²) in [6, 6.07) is 21.4. The Morgan fingerprint density at radius 2 is 1.52 bits per heavy atom. The third-order valence-corrected chi connectivity index (χ3v) is 6.89. The van der Waals surface area contributed by atoms with Crippen molar-refractivity contribution >= 4 is 5.96 Å². The number of nitrogens with one attached hydrogen (secondary N) is 2. The highest BCUT2D eigenvalue weighted by atomic mass is 16.5. The largest absolute Gasteiger partial charge is 0.381 e. The Morgan fingerprint density at radius 3 is 2.06 bits per heavy atom. The molecule has 0 unspecified atom stereocenters. The zero-order chi connectivity index (χ0) is 21.4. The molecule has 31 heavy (non-hydrogen) atoms. The third kappa shape index (κ3) is 5.46. The quantitative estimate of drug-likeness (QED) is 0.531. The lowest BCUT2D eigenvalue weighted by molar-refractivity contribution is -0.0164. The number of rotatable bonds is 7. The topological polar surface area (TPSA) is 48.9 Å². The molecule has 4 rings (SSSR count). The van der Waals surface area contributed by atoms with Gasteiger partial charge in [0.15, 0.2) is 5.96 Å². The summed E-state index contributed by atoms with van der Waals surface area (Å²) in [6.07, 6.45) is 4.80. The van der Waals surface area contributed by atoms with Gasteiger partial charge in [0.05, 0.1) is 0 Å². The van der Waals surface area contributed by atoms with Gasteiger partial charge in [0.1, 0.15) is 0 Å². The molecule has 0 bridgehead atoms. The lowest BCUT2D eigenvalue weighted by Crippen LogP contribution is -2.58.